The van der Waals surface area contributed by atoms with Crippen LogP contribution in [0.15, 0.2) is 24.3 Å². The van der Waals surface area contributed by atoms with Gasteiger partial charge in [0.15, 0.2) is 0 Å². The first-order chi connectivity index (χ1) is 8.56. The minimum Gasteiger partial charge on any atom is -0.395 e. The third-order valence-electron chi connectivity index (χ3n) is 3.04. The van der Waals surface area contributed by atoms with Crippen LogP contribution in [0.4, 0.5) is 4.39 Å². The van der Waals surface area contributed by atoms with Crippen LogP contribution in [-0.4, -0.2) is 35.3 Å². The molecule has 0 aliphatic rings. The number of aliphatic hydroxyl groups is 1. The minimum atomic E-state index is -0.199. The van der Waals surface area contributed by atoms with E-state index in [2.05, 4.69) is 19.2 Å². The van der Waals surface area contributed by atoms with E-state index in [1.807, 2.05) is 18.4 Å². The van der Waals surface area contributed by atoms with Crippen LogP contribution in [0.5, 0.6) is 0 Å². The lowest BCUT2D eigenvalue weighted by atomic mass is 10.1. The summed E-state index contributed by atoms with van der Waals surface area (Å²) in [4.78, 5) is 0. The summed E-state index contributed by atoms with van der Waals surface area (Å²) in [5.74, 6) is -0.199. The molecule has 0 aliphatic heterocycles. The molecule has 1 aromatic rings. The maximum Gasteiger partial charge on any atom is 0.123 e. The largest absolute Gasteiger partial charge is 0.395 e. The highest BCUT2D eigenvalue weighted by molar-refractivity contribution is 7.99. The second kappa shape index (κ2) is 7.77. The van der Waals surface area contributed by atoms with Gasteiger partial charge in [0.05, 0.1) is 6.61 Å². The second-order valence-electron chi connectivity index (χ2n) is 4.64. The van der Waals surface area contributed by atoms with Crippen LogP contribution >= 0.6 is 11.8 Å². The van der Waals surface area contributed by atoms with Crippen molar-refractivity contribution in [1.29, 1.82) is 0 Å². The lowest BCUT2D eigenvalue weighted by molar-refractivity contribution is 0.271. The Morgan fingerprint density at radius 2 is 1.89 bits per heavy atom. The fourth-order valence-corrected chi connectivity index (χ4v) is 2.66. The summed E-state index contributed by atoms with van der Waals surface area (Å²) in [6.07, 6.45) is 2.86. The molecule has 2 N–H and O–H groups in total. The van der Waals surface area contributed by atoms with Gasteiger partial charge in [-0.2, -0.15) is 11.8 Å². The average molecular weight is 271 g/mol. The van der Waals surface area contributed by atoms with Crippen LogP contribution in [-0.2, 0) is 6.42 Å². The molecular formula is C14H22FNOS. The molecule has 18 heavy (non-hydrogen) atoms. The van der Waals surface area contributed by atoms with Crippen molar-refractivity contribution >= 4 is 11.8 Å². The average Bonchev–Trinajstić information content (AvgIpc) is 2.33. The molecule has 0 amide bonds. The van der Waals surface area contributed by atoms with E-state index in [0.29, 0.717) is 6.04 Å². The van der Waals surface area contributed by atoms with Crippen LogP contribution in [0, 0.1) is 5.82 Å². The monoisotopic (exact) mass is 271 g/mol. The van der Waals surface area contributed by atoms with Crippen LogP contribution in [0.2, 0.25) is 0 Å². The molecular weight excluding hydrogens is 249 g/mol. The van der Waals surface area contributed by atoms with Gasteiger partial charge in [0, 0.05) is 17.3 Å². The van der Waals surface area contributed by atoms with Crippen molar-refractivity contribution in [3.8, 4) is 0 Å². The molecule has 0 saturated carbocycles. The summed E-state index contributed by atoms with van der Waals surface area (Å²) in [5, 5.41) is 12.9. The zero-order valence-electron chi connectivity index (χ0n) is 11.2. The van der Waals surface area contributed by atoms with Gasteiger partial charge < -0.3 is 10.4 Å². The predicted molar refractivity (Wildman–Crippen MR) is 76.6 cm³/mol. The highest BCUT2D eigenvalue weighted by Gasteiger charge is 2.17. The van der Waals surface area contributed by atoms with Gasteiger partial charge in [-0.05, 0) is 44.2 Å². The first-order valence-electron chi connectivity index (χ1n) is 6.21. The zero-order valence-corrected chi connectivity index (χ0v) is 12.0. The Hall–Kier alpha value is -0.580. The molecule has 2 nitrogen and oxygen atoms in total. The summed E-state index contributed by atoms with van der Waals surface area (Å²) >= 11 is 1.67. The molecule has 102 valence electrons. The van der Waals surface area contributed by atoms with Crippen molar-refractivity contribution in [3.63, 3.8) is 0 Å². The molecule has 0 fully saturated rings. The Morgan fingerprint density at radius 3 is 2.39 bits per heavy atom. The number of hydrogen-bond donors (Lipinski definition) is 2. The second-order valence-corrected chi connectivity index (χ2v) is 5.72. The van der Waals surface area contributed by atoms with E-state index in [-0.39, 0.29) is 23.7 Å². The van der Waals surface area contributed by atoms with Crippen LogP contribution in [0.3, 0.4) is 0 Å². The molecule has 0 aliphatic carbocycles. The van der Waals surface area contributed by atoms with E-state index >= 15 is 0 Å². The molecule has 0 bridgehead atoms. The van der Waals surface area contributed by atoms with Crippen molar-refractivity contribution in [1.82, 2.24) is 5.32 Å². The molecule has 0 radical (unpaired) electrons. The van der Waals surface area contributed by atoms with E-state index in [4.69, 9.17) is 0 Å². The highest BCUT2D eigenvalue weighted by atomic mass is 32.2. The smallest absolute Gasteiger partial charge is 0.123 e. The minimum absolute atomic E-state index is 0.179. The Bertz CT molecular complexity index is 340. The lowest BCUT2D eigenvalue weighted by Gasteiger charge is -2.25. The number of nitrogens with one attached hydrogen (secondary N) is 1. The van der Waals surface area contributed by atoms with Gasteiger partial charge >= 0.3 is 0 Å². The maximum absolute atomic E-state index is 12.8. The molecule has 1 rings (SSSR count). The van der Waals surface area contributed by atoms with Crippen LogP contribution in [0.1, 0.15) is 19.4 Å². The summed E-state index contributed by atoms with van der Waals surface area (Å²) < 4.78 is 12.8. The van der Waals surface area contributed by atoms with E-state index in [1.54, 1.807) is 11.8 Å². The number of hydrogen-bond acceptors (Lipinski definition) is 3. The third-order valence-corrected chi connectivity index (χ3v) is 4.21. The van der Waals surface area contributed by atoms with Gasteiger partial charge in [-0.15, -0.1) is 0 Å². The molecule has 1 aromatic carbocycles. The van der Waals surface area contributed by atoms with Crippen molar-refractivity contribution in [2.24, 2.45) is 0 Å². The number of aliphatic hydroxyl groups excluding tert-OH is 1. The highest BCUT2D eigenvalue weighted by Crippen LogP contribution is 2.12. The Kier molecular flexibility index (Phi) is 6.68. The zero-order chi connectivity index (χ0) is 13.5. The van der Waals surface area contributed by atoms with Crippen molar-refractivity contribution in [2.75, 3.05) is 12.9 Å². The van der Waals surface area contributed by atoms with Crippen LogP contribution < -0.4 is 5.32 Å². The summed E-state index contributed by atoms with van der Waals surface area (Å²) in [6, 6.07) is 7.16. The van der Waals surface area contributed by atoms with E-state index in [1.165, 1.54) is 12.1 Å². The first kappa shape index (κ1) is 15.5. The van der Waals surface area contributed by atoms with Gasteiger partial charge in [0.2, 0.25) is 0 Å². The van der Waals surface area contributed by atoms with Crippen LogP contribution in [0.25, 0.3) is 0 Å². The molecule has 4 heteroatoms. The first-order valence-corrected chi connectivity index (χ1v) is 7.49. The van der Waals surface area contributed by atoms with Crippen molar-refractivity contribution < 1.29 is 9.50 Å². The van der Waals surface area contributed by atoms with Gasteiger partial charge in [-0.1, -0.05) is 12.1 Å². The summed E-state index contributed by atoms with van der Waals surface area (Å²) in [7, 11) is 0. The summed E-state index contributed by atoms with van der Waals surface area (Å²) in [6.45, 7) is 4.37. The molecule has 0 heterocycles. The molecule has 0 saturated heterocycles. The lowest BCUT2D eigenvalue weighted by Crippen LogP contribution is -2.43. The van der Waals surface area contributed by atoms with Gasteiger partial charge in [0.1, 0.15) is 5.82 Å². The summed E-state index contributed by atoms with van der Waals surface area (Å²) in [5.41, 5.74) is 1.12. The van der Waals surface area contributed by atoms with Gasteiger partial charge in [-0.25, -0.2) is 4.39 Å². The van der Waals surface area contributed by atoms with Gasteiger partial charge in [0.25, 0.3) is 0 Å². The molecule has 3 unspecified atom stereocenters. The Morgan fingerprint density at radius 1 is 1.28 bits per heavy atom. The normalized spacial score (nSPS) is 16.3. The van der Waals surface area contributed by atoms with Gasteiger partial charge in [-0.3, -0.25) is 0 Å². The maximum atomic E-state index is 12.8. The Balaban J connectivity index is 2.45. The number of halogens is 1. The number of benzene rings is 1. The Labute approximate surface area is 113 Å². The SMILES string of the molecule is CSC(CO)C(C)NC(C)Cc1ccc(F)cc1. The van der Waals surface area contributed by atoms with Crippen molar-refractivity contribution in [2.45, 2.75) is 37.6 Å². The fraction of sp³-hybridized carbons (Fsp3) is 0.571. The number of rotatable bonds is 7. The van der Waals surface area contributed by atoms with E-state index in [9.17, 15) is 9.50 Å². The van der Waals surface area contributed by atoms with E-state index in [0.717, 1.165) is 12.0 Å². The van der Waals surface area contributed by atoms with E-state index < -0.39 is 0 Å². The standard InChI is InChI=1S/C14H22FNOS/c1-10(16-11(2)14(9-17)18-3)8-12-4-6-13(15)7-5-12/h4-7,10-11,14,16-17H,8-9H2,1-3H3. The fourth-order valence-electron chi connectivity index (χ4n) is 2.03. The third kappa shape index (κ3) is 4.96. The molecule has 3 atom stereocenters. The molecule has 0 spiro atoms. The number of thioether (sulfide) groups is 1. The predicted octanol–water partition coefficient (Wildman–Crippen LogP) is 2.46. The van der Waals surface area contributed by atoms with Crippen molar-refractivity contribution in [3.05, 3.63) is 35.6 Å². The quantitative estimate of drug-likeness (QED) is 0.799. The molecule has 0 aromatic heterocycles. The topological polar surface area (TPSA) is 32.3 Å².